The number of furan rings is 1. The molecule has 1 aromatic heterocycles. The van der Waals surface area contributed by atoms with Crippen molar-refractivity contribution in [2.24, 2.45) is 0 Å². The highest BCUT2D eigenvalue weighted by molar-refractivity contribution is 6.04. The van der Waals surface area contributed by atoms with Gasteiger partial charge < -0.3 is 14.6 Å². The summed E-state index contributed by atoms with van der Waals surface area (Å²) in [5.41, 5.74) is 3.37. The van der Waals surface area contributed by atoms with Gasteiger partial charge in [-0.3, -0.25) is 9.59 Å². The average Bonchev–Trinajstić information content (AvgIpc) is 3.34. The molecule has 4 aromatic rings. The molecule has 0 saturated carbocycles. The topological polar surface area (TPSA) is 62.6 Å². The minimum atomic E-state index is -0.219. The lowest BCUT2D eigenvalue weighted by Gasteiger charge is -2.22. The molecule has 4 rings (SSSR count). The van der Waals surface area contributed by atoms with Crippen molar-refractivity contribution < 1.29 is 14.0 Å². The molecule has 0 bridgehead atoms. The van der Waals surface area contributed by atoms with E-state index in [4.69, 9.17) is 4.42 Å². The lowest BCUT2D eigenvalue weighted by atomic mass is 10.1. The minimum absolute atomic E-state index is 0.0910. The summed E-state index contributed by atoms with van der Waals surface area (Å²) in [4.78, 5) is 27.0. The molecule has 0 aliphatic heterocycles. The maximum Gasteiger partial charge on any atom is 0.294 e. The largest absolute Gasteiger partial charge is 0.459 e. The summed E-state index contributed by atoms with van der Waals surface area (Å²) >= 11 is 0. The standard InChI is InChI=1S/C26H22N2O3/c29-25(27-22-10-5-2-6-11-22)18-20-13-15-23(16-14-20)28(19-21-8-3-1-4-9-21)26(30)24-12-7-17-31-24/h1-17H,18-19H2,(H,27,29). The van der Waals surface area contributed by atoms with E-state index in [9.17, 15) is 9.59 Å². The van der Waals surface area contributed by atoms with Crippen molar-refractivity contribution in [2.45, 2.75) is 13.0 Å². The Hall–Kier alpha value is -4.12. The summed E-state index contributed by atoms with van der Waals surface area (Å²) in [6.07, 6.45) is 1.74. The Morgan fingerprint density at radius 2 is 1.42 bits per heavy atom. The predicted molar refractivity (Wildman–Crippen MR) is 121 cm³/mol. The highest BCUT2D eigenvalue weighted by Crippen LogP contribution is 2.22. The van der Waals surface area contributed by atoms with Crippen molar-refractivity contribution >= 4 is 23.2 Å². The molecule has 1 heterocycles. The van der Waals surface area contributed by atoms with Crippen LogP contribution in [-0.2, 0) is 17.8 Å². The zero-order valence-electron chi connectivity index (χ0n) is 16.9. The summed E-state index contributed by atoms with van der Waals surface area (Å²) in [5, 5.41) is 2.88. The molecule has 1 N–H and O–H groups in total. The summed E-state index contributed by atoms with van der Waals surface area (Å²) < 4.78 is 5.32. The van der Waals surface area contributed by atoms with Gasteiger partial charge in [-0.1, -0.05) is 60.7 Å². The molecule has 0 spiro atoms. The van der Waals surface area contributed by atoms with Crippen molar-refractivity contribution in [3.63, 3.8) is 0 Å². The van der Waals surface area contributed by atoms with E-state index in [-0.39, 0.29) is 24.0 Å². The van der Waals surface area contributed by atoms with E-state index in [0.717, 1.165) is 22.5 Å². The molecule has 2 amide bonds. The number of para-hydroxylation sites is 1. The van der Waals surface area contributed by atoms with Gasteiger partial charge in [0.1, 0.15) is 0 Å². The van der Waals surface area contributed by atoms with E-state index in [0.29, 0.717) is 6.54 Å². The van der Waals surface area contributed by atoms with Crippen LogP contribution in [0, 0.1) is 0 Å². The first kappa shape index (κ1) is 20.2. The van der Waals surface area contributed by atoms with E-state index >= 15 is 0 Å². The second-order valence-corrected chi connectivity index (χ2v) is 7.11. The second kappa shape index (κ2) is 9.59. The Kier molecular flexibility index (Phi) is 6.24. The van der Waals surface area contributed by atoms with Gasteiger partial charge in [0, 0.05) is 11.4 Å². The maximum absolute atomic E-state index is 13.0. The number of carbonyl (C=O) groups is 2. The quantitative estimate of drug-likeness (QED) is 0.449. The number of carbonyl (C=O) groups excluding carboxylic acids is 2. The number of benzene rings is 3. The Labute approximate surface area is 180 Å². The van der Waals surface area contributed by atoms with Gasteiger partial charge in [0.15, 0.2) is 5.76 Å². The lowest BCUT2D eigenvalue weighted by molar-refractivity contribution is -0.115. The van der Waals surface area contributed by atoms with E-state index in [1.807, 2.05) is 84.9 Å². The van der Waals surface area contributed by atoms with Crippen LogP contribution in [0.25, 0.3) is 0 Å². The molecule has 0 radical (unpaired) electrons. The van der Waals surface area contributed by atoms with Crippen LogP contribution < -0.4 is 10.2 Å². The molecule has 0 aliphatic rings. The summed E-state index contributed by atoms with van der Waals surface area (Å²) in [6, 6.07) is 29.9. The SMILES string of the molecule is O=C(Cc1ccc(N(Cc2ccccc2)C(=O)c2ccco2)cc1)Nc1ccccc1. The third-order valence-electron chi connectivity index (χ3n) is 4.83. The van der Waals surface area contributed by atoms with Gasteiger partial charge in [0.25, 0.3) is 5.91 Å². The van der Waals surface area contributed by atoms with Gasteiger partial charge in [0.2, 0.25) is 5.91 Å². The number of hydrogen-bond donors (Lipinski definition) is 1. The summed E-state index contributed by atoms with van der Waals surface area (Å²) in [5.74, 6) is -0.0302. The maximum atomic E-state index is 13.0. The fraction of sp³-hybridized carbons (Fsp3) is 0.0769. The normalized spacial score (nSPS) is 10.5. The number of anilines is 2. The van der Waals surface area contributed by atoms with Crippen LogP contribution in [0.4, 0.5) is 11.4 Å². The third-order valence-corrected chi connectivity index (χ3v) is 4.83. The van der Waals surface area contributed by atoms with Crippen molar-refractivity contribution in [3.8, 4) is 0 Å². The van der Waals surface area contributed by atoms with Crippen LogP contribution in [0.3, 0.4) is 0 Å². The minimum Gasteiger partial charge on any atom is -0.459 e. The number of nitrogens with one attached hydrogen (secondary N) is 1. The van der Waals surface area contributed by atoms with Crippen molar-refractivity contribution in [3.05, 3.63) is 120 Å². The van der Waals surface area contributed by atoms with Crippen LogP contribution in [0.2, 0.25) is 0 Å². The fourth-order valence-corrected chi connectivity index (χ4v) is 3.29. The molecule has 0 saturated heterocycles. The lowest BCUT2D eigenvalue weighted by Crippen LogP contribution is -2.30. The van der Waals surface area contributed by atoms with Gasteiger partial charge in [-0.2, -0.15) is 0 Å². The van der Waals surface area contributed by atoms with E-state index in [1.54, 1.807) is 17.0 Å². The van der Waals surface area contributed by atoms with Crippen LogP contribution in [0.15, 0.2) is 108 Å². The summed E-state index contributed by atoms with van der Waals surface area (Å²) in [6.45, 7) is 0.411. The smallest absolute Gasteiger partial charge is 0.294 e. The van der Waals surface area contributed by atoms with Gasteiger partial charge in [0.05, 0.1) is 19.2 Å². The third kappa shape index (κ3) is 5.28. The molecule has 5 heteroatoms. The number of hydrogen-bond acceptors (Lipinski definition) is 3. The Balaban J connectivity index is 1.50. The Morgan fingerprint density at radius 1 is 0.742 bits per heavy atom. The van der Waals surface area contributed by atoms with E-state index < -0.39 is 0 Å². The molecular weight excluding hydrogens is 388 g/mol. The molecule has 0 atom stereocenters. The van der Waals surface area contributed by atoms with E-state index in [1.165, 1.54) is 6.26 Å². The molecular formula is C26H22N2O3. The molecule has 3 aromatic carbocycles. The number of rotatable bonds is 7. The summed E-state index contributed by atoms with van der Waals surface area (Å²) in [7, 11) is 0. The van der Waals surface area contributed by atoms with Crippen LogP contribution in [0.5, 0.6) is 0 Å². The van der Waals surface area contributed by atoms with Crippen molar-refractivity contribution in [2.75, 3.05) is 10.2 Å². The monoisotopic (exact) mass is 410 g/mol. The first-order valence-corrected chi connectivity index (χ1v) is 10.0. The predicted octanol–water partition coefficient (Wildman–Crippen LogP) is 5.31. The van der Waals surface area contributed by atoms with Crippen molar-refractivity contribution in [1.29, 1.82) is 0 Å². The van der Waals surface area contributed by atoms with Crippen LogP contribution in [-0.4, -0.2) is 11.8 Å². The number of nitrogens with zero attached hydrogens (tertiary/aromatic N) is 1. The molecule has 31 heavy (non-hydrogen) atoms. The molecule has 0 aliphatic carbocycles. The first-order chi connectivity index (χ1) is 15.2. The second-order valence-electron chi connectivity index (χ2n) is 7.11. The van der Waals surface area contributed by atoms with Gasteiger partial charge in [-0.15, -0.1) is 0 Å². The highest BCUT2D eigenvalue weighted by atomic mass is 16.3. The molecule has 0 fully saturated rings. The zero-order valence-corrected chi connectivity index (χ0v) is 16.9. The van der Waals surface area contributed by atoms with Gasteiger partial charge in [-0.25, -0.2) is 0 Å². The van der Waals surface area contributed by atoms with E-state index in [2.05, 4.69) is 5.32 Å². The fourth-order valence-electron chi connectivity index (χ4n) is 3.29. The molecule has 5 nitrogen and oxygen atoms in total. The van der Waals surface area contributed by atoms with Crippen molar-refractivity contribution in [1.82, 2.24) is 0 Å². The highest BCUT2D eigenvalue weighted by Gasteiger charge is 2.20. The van der Waals surface area contributed by atoms with Gasteiger partial charge in [-0.05, 0) is 47.5 Å². The molecule has 0 unspecified atom stereocenters. The van der Waals surface area contributed by atoms with Gasteiger partial charge >= 0.3 is 0 Å². The first-order valence-electron chi connectivity index (χ1n) is 10.0. The average molecular weight is 410 g/mol. The Bertz CT molecular complexity index is 1120. The Morgan fingerprint density at radius 3 is 2.06 bits per heavy atom. The molecule has 154 valence electrons. The zero-order chi connectivity index (χ0) is 21.5. The van der Waals surface area contributed by atoms with Crippen LogP contribution in [0.1, 0.15) is 21.7 Å². The van der Waals surface area contributed by atoms with Crippen LogP contribution >= 0.6 is 0 Å². The number of amides is 2.